The van der Waals surface area contributed by atoms with E-state index in [1.807, 2.05) is 0 Å². The number of methoxy groups -OCH3 is 2. The van der Waals surface area contributed by atoms with Gasteiger partial charge in [-0.2, -0.15) is 0 Å². The van der Waals surface area contributed by atoms with Crippen molar-refractivity contribution in [1.82, 2.24) is 10.3 Å². The number of rotatable bonds is 6. The summed E-state index contributed by atoms with van der Waals surface area (Å²) in [6.07, 6.45) is 1.17. The van der Waals surface area contributed by atoms with Crippen LogP contribution in [0.15, 0.2) is 17.1 Å². The van der Waals surface area contributed by atoms with Gasteiger partial charge in [-0.05, 0) is 6.92 Å². The highest BCUT2D eigenvalue weighted by molar-refractivity contribution is 5.93. The summed E-state index contributed by atoms with van der Waals surface area (Å²) >= 11 is 0. The molecule has 100 valence electrons. The molecule has 1 rings (SSSR count). The maximum Gasteiger partial charge on any atom is 0.256 e. The number of H-pyrrole nitrogens is 1. The van der Waals surface area contributed by atoms with Gasteiger partial charge in [0.05, 0.1) is 12.7 Å². The quantitative estimate of drug-likeness (QED) is 0.753. The second-order valence-corrected chi connectivity index (χ2v) is 3.92. The van der Waals surface area contributed by atoms with E-state index in [0.717, 1.165) is 0 Å². The fraction of sp³-hybridized carbons (Fsp3) is 0.500. The molecule has 18 heavy (non-hydrogen) atoms. The predicted octanol–water partition coefficient (Wildman–Crippen LogP) is 0.0745. The summed E-state index contributed by atoms with van der Waals surface area (Å²) in [5, 5.41) is 2.63. The highest BCUT2D eigenvalue weighted by Gasteiger charge is 2.13. The molecule has 0 aliphatic rings. The SMILES string of the molecule is COCC(CNC(=O)c1c[nH]c(C)cc1=O)OC. The van der Waals surface area contributed by atoms with Crippen molar-refractivity contribution in [3.63, 3.8) is 0 Å². The fourth-order valence-corrected chi connectivity index (χ4v) is 1.45. The molecule has 0 aliphatic carbocycles. The zero-order valence-corrected chi connectivity index (χ0v) is 10.8. The predicted molar refractivity (Wildman–Crippen MR) is 66.8 cm³/mol. The summed E-state index contributed by atoms with van der Waals surface area (Å²) in [5.41, 5.74) is 0.503. The van der Waals surface area contributed by atoms with Crippen molar-refractivity contribution >= 4 is 5.91 Å². The molecule has 0 bridgehead atoms. The summed E-state index contributed by atoms with van der Waals surface area (Å²) < 4.78 is 10.0. The summed E-state index contributed by atoms with van der Waals surface area (Å²) in [5.74, 6) is -0.422. The molecule has 1 amide bonds. The van der Waals surface area contributed by atoms with Crippen LogP contribution in [0, 0.1) is 6.92 Å². The molecule has 1 unspecified atom stereocenters. The van der Waals surface area contributed by atoms with E-state index in [2.05, 4.69) is 10.3 Å². The van der Waals surface area contributed by atoms with Gasteiger partial charge in [0.15, 0.2) is 5.43 Å². The van der Waals surface area contributed by atoms with Gasteiger partial charge in [-0.15, -0.1) is 0 Å². The Morgan fingerprint density at radius 2 is 2.22 bits per heavy atom. The van der Waals surface area contributed by atoms with E-state index >= 15 is 0 Å². The number of carbonyl (C=O) groups excluding carboxylic acids is 1. The van der Waals surface area contributed by atoms with Crippen LogP contribution >= 0.6 is 0 Å². The molecule has 6 heteroatoms. The lowest BCUT2D eigenvalue weighted by molar-refractivity contribution is 0.0285. The maximum absolute atomic E-state index is 11.8. The molecule has 1 aromatic rings. The van der Waals surface area contributed by atoms with Crippen LogP contribution in [-0.2, 0) is 9.47 Å². The first-order valence-corrected chi connectivity index (χ1v) is 5.57. The molecule has 6 nitrogen and oxygen atoms in total. The van der Waals surface area contributed by atoms with Gasteiger partial charge in [0.2, 0.25) is 0 Å². The maximum atomic E-state index is 11.8. The number of amides is 1. The van der Waals surface area contributed by atoms with E-state index in [9.17, 15) is 9.59 Å². The number of nitrogens with one attached hydrogen (secondary N) is 2. The van der Waals surface area contributed by atoms with E-state index < -0.39 is 5.91 Å². The first-order chi connectivity index (χ1) is 8.58. The molecule has 0 radical (unpaired) electrons. The standard InChI is InChI=1S/C12H18N2O4/c1-8-4-11(15)10(6-13-8)12(16)14-5-9(18-3)7-17-2/h4,6,9H,5,7H2,1-3H3,(H,13,15)(H,14,16). The number of carbonyl (C=O) groups is 1. The second-order valence-electron chi connectivity index (χ2n) is 3.92. The van der Waals surface area contributed by atoms with Crippen LogP contribution < -0.4 is 10.7 Å². The Labute approximate surface area is 105 Å². The van der Waals surface area contributed by atoms with Gasteiger partial charge in [-0.25, -0.2) is 0 Å². The van der Waals surface area contributed by atoms with E-state index in [1.165, 1.54) is 19.4 Å². The third-order valence-electron chi connectivity index (χ3n) is 2.48. The topological polar surface area (TPSA) is 80.4 Å². The van der Waals surface area contributed by atoms with Crippen molar-refractivity contribution in [2.45, 2.75) is 13.0 Å². The number of aromatic amines is 1. The van der Waals surface area contributed by atoms with E-state index in [-0.39, 0.29) is 23.6 Å². The lowest BCUT2D eigenvalue weighted by Crippen LogP contribution is -2.37. The molecule has 1 heterocycles. The minimum atomic E-state index is -0.422. The van der Waals surface area contributed by atoms with Gasteiger partial charge in [0.25, 0.3) is 5.91 Å². The van der Waals surface area contributed by atoms with Crippen LogP contribution in [0.25, 0.3) is 0 Å². The Morgan fingerprint density at radius 3 is 2.78 bits per heavy atom. The molecule has 0 saturated heterocycles. The van der Waals surface area contributed by atoms with Crippen molar-refractivity contribution in [3.05, 3.63) is 33.7 Å². The van der Waals surface area contributed by atoms with Crippen molar-refractivity contribution < 1.29 is 14.3 Å². The Hall–Kier alpha value is -1.66. The minimum absolute atomic E-state index is 0.0906. The molecule has 0 saturated carbocycles. The van der Waals surface area contributed by atoms with Crippen molar-refractivity contribution in [3.8, 4) is 0 Å². The number of aromatic nitrogens is 1. The highest BCUT2D eigenvalue weighted by atomic mass is 16.5. The molecule has 0 aromatic carbocycles. The summed E-state index contributed by atoms with van der Waals surface area (Å²) in [7, 11) is 3.09. The van der Waals surface area contributed by atoms with Crippen LogP contribution in [0.3, 0.4) is 0 Å². The number of pyridine rings is 1. The number of hydrogen-bond donors (Lipinski definition) is 2. The zero-order chi connectivity index (χ0) is 13.5. The average Bonchev–Trinajstić information content (AvgIpc) is 2.34. The van der Waals surface area contributed by atoms with Gasteiger partial charge >= 0.3 is 0 Å². The monoisotopic (exact) mass is 254 g/mol. The number of hydrogen-bond acceptors (Lipinski definition) is 4. The van der Waals surface area contributed by atoms with Gasteiger partial charge in [-0.1, -0.05) is 0 Å². The first kappa shape index (κ1) is 14.4. The summed E-state index contributed by atoms with van der Waals surface area (Å²) in [6.45, 7) is 2.42. The molecular weight excluding hydrogens is 236 g/mol. The lowest BCUT2D eigenvalue weighted by Gasteiger charge is -2.14. The Balaban J connectivity index is 2.62. The Bertz CT molecular complexity index is 456. The zero-order valence-electron chi connectivity index (χ0n) is 10.8. The van der Waals surface area contributed by atoms with Gasteiger partial charge in [0, 0.05) is 38.7 Å². The van der Waals surface area contributed by atoms with Gasteiger partial charge < -0.3 is 19.8 Å². The van der Waals surface area contributed by atoms with Crippen molar-refractivity contribution in [1.29, 1.82) is 0 Å². The Kier molecular flexibility index (Phi) is 5.54. The van der Waals surface area contributed by atoms with Crippen LogP contribution in [0.2, 0.25) is 0 Å². The van der Waals surface area contributed by atoms with E-state index in [0.29, 0.717) is 12.3 Å². The average molecular weight is 254 g/mol. The molecule has 1 aromatic heterocycles. The molecule has 0 fully saturated rings. The van der Waals surface area contributed by atoms with Crippen LogP contribution in [0.1, 0.15) is 16.1 Å². The van der Waals surface area contributed by atoms with E-state index in [4.69, 9.17) is 9.47 Å². The third kappa shape index (κ3) is 3.97. The highest BCUT2D eigenvalue weighted by Crippen LogP contribution is 1.94. The van der Waals surface area contributed by atoms with Crippen LogP contribution in [-0.4, -0.2) is 44.4 Å². The largest absolute Gasteiger partial charge is 0.382 e. The molecule has 1 atom stereocenters. The third-order valence-corrected chi connectivity index (χ3v) is 2.48. The van der Waals surface area contributed by atoms with E-state index in [1.54, 1.807) is 14.0 Å². The lowest BCUT2D eigenvalue weighted by atomic mass is 10.2. The van der Waals surface area contributed by atoms with Crippen LogP contribution in [0.4, 0.5) is 0 Å². The molecule has 2 N–H and O–H groups in total. The van der Waals surface area contributed by atoms with Gasteiger partial charge in [0.1, 0.15) is 5.56 Å². The first-order valence-electron chi connectivity index (χ1n) is 5.57. The molecule has 0 spiro atoms. The molecular formula is C12H18N2O4. The summed E-state index contributed by atoms with van der Waals surface area (Å²) in [6, 6.07) is 1.39. The summed E-state index contributed by atoms with van der Waals surface area (Å²) in [4.78, 5) is 26.2. The fourth-order valence-electron chi connectivity index (χ4n) is 1.45. The number of ether oxygens (including phenoxy) is 2. The van der Waals surface area contributed by atoms with Gasteiger partial charge in [-0.3, -0.25) is 9.59 Å². The normalized spacial score (nSPS) is 12.2. The smallest absolute Gasteiger partial charge is 0.256 e. The number of aryl methyl sites for hydroxylation is 1. The van der Waals surface area contributed by atoms with Crippen molar-refractivity contribution in [2.75, 3.05) is 27.4 Å². The van der Waals surface area contributed by atoms with Crippen molar-refractivity contribution in [2.24, 2.45) is 0 Å². The minimum Gasteiger partial charge on any atom is -0.382 e. The second kappa shape index (κ2) is 6.93. The molecule has 0 aliphatic heterocycles. The Morgan fingerprint density at radius 1 is 1.50 bits per heavy atom. The van der Waals surface area contributed by atoms with Crippen LogP contribution in [0.5, 0.6) is 0 Å².